The Bertz CT molecular complexity index is 227. The van der Waals surface area contributed by atoms with Gasteiger partial charge in [-0.3, -0.25) is 4.99 Å². The van der Waals surface area contributed by atoms with Gasteiger partial charge in [-0.2, -0.15) is 0 Å². The molecule has 0 aromatic rings. The van der Waals surface area contributed by atoms with Crippen molar-refractivity contribution in [3.63, 3.8) is 0 Å². The van der Waals surface area contributed by atoms with Gasteiger partial charge in [0.25, 0.3) is 0 Å². The van der Waals surface area contributed by atoms with Crippen molar-refractivity contribution < 1.29 is 4.74 Å². The maximum Gasteiger partial charge on any atom is 0.188 e. The molecule has 5 heteroatoms. The van der Waals surface area contributed by atoms with Crippen LogP contribution in [-0.4, -0.2) is 32.3 Å². The van der Waals surface area contributed by atoms with Gasteiger partial charge >= 0.3 is 0 Å². The molecule has 0 atom stereocenters. The Labute approximate surface area is 115 Å². The number of nitrogens with one attached hydrogen (secondary N) is 1. The maximum atomic E-state index is 5.75. The number of aliphatic imine (C=N–C) groups is 1. The van der Waals surface area contributed by atoms with Crippen molar-refractivity contribution in [1.82, 2.24) is 5.32 Å². The lowest BCUT2D eigenvalue weighted by Crippen LogP contribution is -2.37. The molecule has 0 radical (unpaired) electrons. The highest BCUT2D eigenvalue weighted by molar-refractivity contribution is 14.0. The van der Waals surface area contributed by atoms with Gasteiger partial charge in [0.2, 0.25) is 0 Å². The molecule has 16 heavy (non-hydrogen) atoms. The third-order valence-corrected chi connectivity index (χ3v) is 2.81. The second kappa shape index (κ2) is 7.32. The minimum Gasteiger partial charge on any atom is -0.385 e. The molecule has 96 valence electrons. The quantitative estimate of drug-likeness (QED) is 0.440. The van der Waals surface area contributed by atoms with Crippen LogP contribution in [0.25, 0.3) is 0 Å². The summed E-state index contributed by atoms with van der Waals surface area (Å²) in [7, 11) is 1.74. The van der Waals surface area contributed by atoms with Gasteiger partial charge in [0.1, 0.15) is 0 Å². The Hall–Kier alpha value is -0.0400. The van der Waals surface area contributed by atoms with Crippen LogP contribution >= 0.6 is 24.0 Å². The summed E-state index contributed by atoms with van der Waals surface area (Å²) in [6.07, 6.45) is 3.62. The van der Waals surface area contributed by atoms with E-state index in [9.17, 15) is 0 Å². The molecule has 0 saturated heterocycles. The monoisotopic (exact) mass is 341 g/mol. The first-order valence-corrected chi connectivity index (χ1v) is 5.63. The van der Waals surface area contributed by atoms with Crippen LogP contribution in [0, 0.1) is 5.41 Å². The summed E-state index contributed by atoms with van der Waals surface area (Å²) < 4.78 is 5.09. The standard InChI is InChI=1S/C11H23N3O.HI/c1-9(2)14-10(12)13-8-11(4-5-11)6-7-15-3;/h9H,4-8H2,1-3H3,(H3,12,13,14);1H. The van der Waals surface area contributed by atoms with Crippen LogP contribution in [0.2, 0.25) is 0 Å². The number of halogens is 1. The predicted molar refractivity (Wildman–Crippen MR) is 78.3 cm³/mol. The Balaban J connectivity index is 0.00000225. The SMILES string of the molecule is COCCC1(CN=C(N)NC(C)C)CC1.I. The molecule has 0 bridgehead atoms. The van der Waals surface area contributed by atoms with Crippen molar-refractivity contribution in [1.29, 1.82) is 0 Å². The van der Waals surface area contributed by atoms with Crippen molar-refractivity contribution in [2.45, 2.75) is 39.2 Å². The number of hydrogen-bond donors (Lipinski definition) is 2. The molecule has 0 heterocycles. The number of guanidine groups is 1. The van der Waals surface area contributed by atoms with Gasteiger partial charge in [0, 0.05) is 26.3 Å². The van der Waals surface area contributed by atoms with Gasteiger partial charge in [0.15, 0.2) is 5.96 Å². The number of nitrogens with two attached hydrogens (primary N) is 1. The molecule has 1 rings (SSSR count). The maximum absolute atomic E-state index is 5.75. The molecule has 1 aliphatic rings. The van der Waals surface area contributed by atoms with E-state index in [1.54, 1.807) is 7.11 Å². The lowest BCUT2D eigenvalue weighted by Gasteiger charge is -2.13. The molecule has 1 saturated carbocycles. The van der Waals surface area contributed by atoms with Crippen molar-refractivity contribution in [3.05, 3.63) is 0 Å². The molecule has 1 aliphatic carbocycles. The van der Waals surface area contributed by atoms with E-state index in [-0.39, 0.29) is 24.0 Å². The number of methoxy groups -OCH3 is 1. The Morgan fingerprint density at radius 1 is 1.50 bits per heavy atom. The smallest absolute Gasteiger partial charge is 0.188 e. The summed E-state index contributed by atoms with van der Waals surface area (Å²) in [4.78, 5) is 4.38. The van der Waals surface area contributed by atoms with Crippen LogP contribution in [0.15, 0.2) is 4.99 Å². The van der Waals surface area contributed by atoms with Crippen LogP contribution in [0.4, 0.5) is 0 Å². The van der Waals surface area contributed by atoms with Crippen molar-refractivity contribution >= 4 is 29.9 Å². The number of ether oxygens (including phenoxy) is 1. The Morgan fingerprint density at radius 3 is 2.56 bits per heavy atom. The highest BCUT2D eigenvalue weighted by atomic mass is 127. The average Bonchev–Trinajstić information content (AvgIpc) is 2.92. The molecule has 3 N–H and O–H groups in total. The van der Waals surface area contributed by atoms with Gasteiger partial charge in [0.05, 0.1) is 0 Å². The zero-order valence-corrected chi connectivity index (χ0v) is 12.8. The van der Waals surface area contributed by atoms with Crippen LogP contribution in [0.5, 0.6) is 0 Å². The van der Waals surface area contributed by atoms with Crippen LogP contribution in [0.1, 0.15) is 33.1 Å². The number of rotatable bonds is 6. The number of hydrogen-bond acceptors (Lipinski definition) is 2. The topological polar surface area (TPSA) is 59.6 Å². The van der Waals surface area contributed by atoms with E-state index in [1.165, 1.54) is 12.8 Å². The fourth-order valence-electron chi connectivity index (χ4n) is 1.58. The van der Waals surface area contributed by atoms with Gasteiger partial charge in [-0.25, -0.2) is 0 Å². The average molecular weight is 341 g/mol. The predicted octanol–water partition coefficient (Wildman–Crippen LogP) is 1.73. The van der Waals surface area contributed by atoms with Crippen LogP contribution in [0.3, 0.4) is 0 Å². The zero-order valence-electron chi connectivity index (χ0n) is 10.5. The molecular weight excluding hydrogens is 317 g/mol. The molecule has 0 aromatic heterocycles. The van der Waals surface area contributed by atoms with E-state index in [0.717, 1.165) is 19.6 Å². The molecule has 1 fully saturated rings. The summed E-state index contributed by atoms with van der Waals surface area (Å²) in [5.74, 6) is 0.564. The Morgan fingerprint density at radius 2 is 2.12 bits per heavy atom. The first-order valence-electron chi connectivity index (χ1n) is 5.63. The molecular formula is C11H24IN3O. The first kappa shape index (κ1) is 16.0. The number of nitrogens with zero attached hydrogens (tertiary/aromatic N) is 1. The molecule has 0 spiro atoms. The fraction of sp³-hybridized carbons (Fsp3) is 0.909. The highest BCUT2D eigenvalue weighted by Crippen LogP contribution is 2.48. The van der Waals surface area contributed by atoms with Crippen molar-refractivity contribution in [2.24, 2.45) is 16.1 Å². The van der Waals surface area contributed by atoms with E-state index in [2.05, 4.69) is 24.2 Å². The van der Waals surface area contributed by atoms with E-state index >= 15 is 0 Å². The summed E-state index contributed by atoms with van der Waals surface area (Å²) in [5, 5.41) is 3.10. The molecule has 4 nitrogen and oxygen atoms in total. The molecule has 0 aliphatic heterocycles. The summed E-state index contributed by atoms with van der Waals surface area (Å²) >= 11 is 0. The van der Waals surface area contributed by atoms with E-state index in [4.69, 9.17) is 10.5 Å². The summed E-state index contributed by atoms with van der Waals surface area (Å²) in [5.41, 5.74) is 6.13. The van der Waals surface area contributed by atoms with Crippen molar-refractivity contribution in [3.8, 4) is 0 Å². The van der Waals surface area contributed by atoms with E-state index in [0.29, 0.717) is 17.4 Å². The molecule has 0 amide bonds. The third-order valence-electron chi connectivity index (χ3n) is 2.81. The van der Waals surface area contributed by atoms with E-state index in [1.807, 2.05) is 0 Å². The van der Waals surface area contributed by atoms with Crippen molar-refractivity contribution in [2.75, 3.05) is 20.3 Å². The van der Waals surface area contributed by atoms with Crippen LogP contribution < -0.4 is 11.1 Å². The molecule has 0 aromatic carbocycles. The second-order valence-electron chi connectivity index (χ2n) is 4.74. The minimum atomic E-state index is 0. The zero-order chi connectivity index (χ0) is 11.3. The lowest BCUT2D eigenvalue weighted by molar-refractivity contribution is 0.174. The minimum absolute atomic E-state index is 0. The van der Waals surface area contributed by atoms with Gasteiger partial charge in [-0.05, 0) is 38.5 Å². The van der Waals surface area contributed by atoms with E-state index < -0.39 is 0 Å². The highest BCUT2D eigenvalue weighted by Gasteiger charge is 2.41. The summed E-state index contributed by atoms with van der Waals surface area (Å²) in [6, 6.07) is 0.350. The third kappa shape index (κ3) is 5.89. The van der Waals surface area contributed by atoms with Gasteiger partial charge in [-0.1, -0.05) is 0 Å². The van der Waals surface area contributed by atoms with Gasteiger partial charge in [-0.15, -0.1) is 24.0 Å². The normalized spacial score (nSPS) is 18.1. The second-order valence-corrected chi connectivity index (χ2v) is 4.74. The first-order chi connectivity index (χ1) is 7.08. The molecule has 0 unspecified atom stereocenters. The lowest BCUT2D eigenvalue weighted by atomic mass is 10.0. The van der Waals surface area contributed by atoms with Crippen LogP contribution in [-0.2, 0) is 4.74 Å². The van der Waals surface area contributed by atoms with Gasteiger partial charge < -0.3 is 15.8 Å². The Kier molecular flexibility index (Phi) is 7.30. The fourth-order valence-corrected chi connectivity index (χ4v) is 1.58. The largest absolute Gasteiger partial charge is 0.385 e. The summed E-state index contributed by atoms with van der Waals surface area (Å²) in [6.45, 7) is 5.77.